The van der Waals surface area contributed by atoms with Gasteiger partial charge in [-0.05, 0) is 48.4 Å². The van der Waals surface area contributed by atoms with Gasteiger partial charge in [0.05, 0.1) is 20.3 Å². The summed E-state index contributed by atoms with van der Waals surface area (Å²) in [5, 5.41) is 6.58. The molecule has 0 heterocycles. The molecule has 7 heteroatoms. The zero-order valence-corrected chi connectivity index (χ0v) is 19.1. The van der Waals surface area contributed by atoms with Gasteiger partial charge >= 0.3 is 0 Å². The number of benzene rings is 3. The van der Waals surface area contributed by atoms with E-state index in [2.05, 4.69) is 10.6 Å². The van der Waals surface area contributed by atoms with Crippen LogP contribution in [0.4, 0.5) is 15.8 Å². The molecule has 0 saturated heterocycles. The largest absolute Gasteiger partial charge is 0.496 e. The highest BCUT2D eigenvalue weighted by Crippen LogP contribution is 2.34. The number of nitrogens with one attached hydrogen (secondary N) is 2. The fourth-order valence-corrected chi connectivity index (χ4v) is 4.01. The van der Waals surface area contributed by atoms with Gasteiger partial charge in [0.15, 0.2) is 5.75 Å². The number of hydrogen-bond acceptors (Lipinski definition) is 6. The summed E-state index contributed by atoms with van der Waals surface area (Å²) < 4.78 is 24.5. The molecular formula is C27H25FN2O4. The van der Waals surface area contributed by atoms with Crippen LogP contribution in [0.2, 0.25) is 0 Å². The van der Waals surface area contributed by atoms with Crippen molar-refractivity contribution in [3.63, 3.8) is 0 Å². The smallest absolute Gasteiger partial charge is 0.272 e. The Bertz CT molecular complexity index is 1380. The van der Waals surface area contributed by atoms with Gasteiger partial charge in [-0.2, -0.15) is 0 Å². The van der Waals surface area contributed by atoms with Crippen LogP contribution in [0.5, 0.6) is 11.5 Å². The van der Waals surface area contributed by atoms with Crippen molar-refractivity contribution in [2.45, 2.75) is 19.0 Å². The Balaban J connectivity index is 1.72. The summed E-state index contributed by atoms with van der Waals surface area (Å²) in [7, 11) is 2.97. The fraction of sp³-hybridized carbons (Fsp3) is 0.185. The molecule has 0 bridgehead atoms. The molecule has 0 fully saturated rings. The van der Waals surface area contributed by atoms with E-state index < -0.39 is 10.9 Å². The second-order valence-corrected chi connectivity index (χ2v) is 7.94. The van der Waals surface area contributed by atoms with Crippen molar-refractivity contribution in [2.75, 3.05) is 19.5 Å². The summed E-state index contributed by atoms with van der Waals surface area (Å²) in [6.07, 6.45) is 0. The van der Waals surface area contributed by atoms with E-state index in [-0.39, 0.29) is 29.3 Å². The summed E-state index contributed by atoms with van der Waals surface area (Å²) in [6.45, 7) is 1.97. The van der Waals surface area contributed by atoms with E-state index in [0.717, 1.165) is 16.7 Å². The van der Waals surface area contributed by atoms with E-state index >= 15 is 0 Å². The Morgan fingerprint density at radius 1 is 0.824 bits per heavy atom. The maximum atomic E-state index is 13.8. The highest BCUT2D eigenvalue weighted by Gasteiger charge is 2.24. The first-order valence-electron chi connectivity index (χ1n) is 10.8. The van der Waals surface area contributed by atoms with Crippen molar-refractivity contribution in [1.29, 1.82) is 0 Å². The Labute approximate surface area is 196 Å². The van der Waals surface area contributed by atoms with E-state index in [1.807, 2.05) is 55.5 Å². The summed E-state index contributed by atoms with van der Waals surface area (Å²) in [6, 6.07) is 21.1. The number of rotatable bonds is 9. The lowest BCUT2D eigenvalue weighted by Crippen LogP contribution is -2.34. The maximum absolute atomic E-state index is 13.8. The summed E-state index contributed by atoms with van der Waals surface area (Å²) in [4.78, 5) is 23.7. The number of ether oxygens (including phenoxy) is 2. The third kappa shape index (κ3) is 4.56. The average Bonchev–Trinajstić information content (AvgIpc) is 2.87. The van der Waals surface area contributed by atoms with Crippen LogP contribution in [0.1, 0.15) is 35.7 Å². The molecule has 4 aromatic rings. The highest BCUT2D eigenvalue weighted by molar-refractivity contribution is 5.70. The monoisotopic (exact) mass is 460 g/mol. The number of halogens is 1. The van der Waals surface area contributed by atoms with Gasteiger partial charge in [-0.15, -0.1) is 0 Å². The second-order valence-electron chi connectivity index (χ2n) is 7.94. The number of para-hydroxylation sites is 1. The summed E-state index contributed by atoms with van der Waals surface area (Å²) in [5.41, 5.74) is 2.11. The lowest BCUT2D eigenvalue weighted by molar-refractivity contribution is 0.400. The molecule has 0 aliphatic carbocycles. The fourth-order valence-electron chi connectivity index (χ4n) is 4.01. The molecule has 1 unspecified atom stereocenters. The van der Waals surface area contributed by atoms with Crippen LogP contribution in [0.3, 0.4) is 0 Å². The standard InChI is InChI=1S/C27H25FN2O4/c1-16(17-8-6-10-19(28)14-17)29-23(21-12-4-5-13-22(21)33-2)18-9-7-11-20(15-18)30-24-25(31)26(32)27(24)34-3/h4-16,23,29-30H,1-3H3/t16-,23?/m0/s1. The van der Waals surface area contributed by atoms with Crippen LogP contribution in [-0.4, -0.2) is 14.2 Å². The SMILES string of the molecule is COc1ccccc1C(N[C@@H](C)c1cccc(F)c1)c1cccc(Nc2c(OC)c(=O)c2=O)c1. The maximum Gasteiger partial charge on any atom is 0.272 e. The third-order valence-electron chi connectivity index (χ3n) is 5.78. The van der Waals surface area contributed by atoms with Crippen LogP contribution >= 0.6 is 0 Å². The van der Waals surface area contributed by atoms with Crippen LogP contribution in [0, 0.1) is 5.82 Å². The van der Waals surface area contributed by atoms with Crippen molar-refractivity contribution < 1.29 is 13.9 Å². The van der Waals surface area contributed by atoms with E-state index in [1.165, 1.54) is 19.2 Å². The van der Waals surface area contributed by atoms with Crippen LogP contribution in [0.15, 0.2) is 82.4 Å². The zero-order valence-electron chi connectivity index (χ0n) is 19.1. The molecule has 34 heavy (non-hydrogen) atoms. The van der Waals surface area contributed by atoms with Gasteiger partial charge in [0.2, 0.25) is 0 Å². The van der Waals surface area contributed by atoms with Crippen molar-refractivity contribution in [2.24, 2.45) is 0 Å². The Kier molecular flexibility index (Phi) is 6.75. The van der Waals surface area contributed by atoms with E-state index in [1.54, 1.807) is 19.2 Å². The zero-order chi connectivity index (χ0) is 24.2. The van der Waals surface area contributed by atoms with Gasteiger partial charge in [0.1, 0.15) is 17.3 Å². The van der Waals surface area contributed by atoms with Gasteiger partial charge < -0.3 is 14.8 Å². The molecule has 4 rings (SSSR count). The van der Waals surface area contributed by atoms with Crippen LogP contribution in [-0.2, 0) is 0 Å². The minimum absolute atomic E-state index is 0.0227. The Hall–Kier alpha value is -3.97. The predicted octanol–water partition coefficient (Wildman–Crippen LogP) is 4.62. The second kappa shape index (κ2) is 9.89. The van der Waals surface area contributed by atoms with Crippen LogP contribution in [0.25, 0.3) is 0 Å². The van der Waals surface area contributed by atoms with Gasteiger partial charge in [-0.25, -0.2) is 4.39 Å². The summed E-state index contributed by atoms with van der Waals surface area (Å²) in [5.74, 6) is 0.427. The summed E-state index contributed by atoms with van der Waals surface area (Å²) >= 11 is 0. The lowest BCUT2D eigenvalue weighted by atomic mass is 9.95. The van der Waals surface area contributed by atoms with Crippen molar-refractivity contribution >= 4 is 11.4 Å². The van der Waals surface area contributed by atoms with Crippen molar-refractivity contribution in [3.05, 3.63) is 116 Å². The first kappa shape index (κ1) is 23.2. The van der Waals surface area contributed by atoms with E-state index in [9.17, 15) is 14.0 Å². The van der Waals surface area contributed by atoms with Crippen molar-refractivity contribution in [3.8, 4) is 11.5 Å². The first-order valence-corrected chi connectivity index (χ1v) is 10.8. The van der Waals surface area contributed by atoms with E-state index in [0.29, 0.717) is 11.4 Å². The minimum Gasteiger partial charge on any atom is -0.496 e. The molecule has 0 spiro atoms. The van der Waals surface area contributed by atoms with Gasteiger partial charge in [-0.1, -0.05) is 42.5 Å². The highest BCUT2D eigenvalue weighted by atomic mass is 19.1. The molecule has 174 valence electrons. The molecule has 0 aliphatic rings. The van der Waals surface area contributed by atoms with E-state index in [4.69, 9.17) is 9.47 Å². The topological polar surface area (TPSA) is 76.7 Å². The Morgan fingerprint density at radius 3 is 2.29 bits per heavy atom. The normalized spacial score (nSPS) is 12.8. The predicted molar refractivity (Wildman–Crippen MR) is 130 cm³/mol. The quantitative estimate of drug-likeness (QED) is 0.355. The molecule has 2 N–H and O–H groups in total. The molecule has 0 aliphatic heterocycles. The van der Waals surface area contributed by atoms with Crippen molar-refractivity contribution in [1.82, 2.24) is 5.32 Å². The van der Waals surface area contributed by atoms with Gasteiger partial charge in [0, 0.05) is 17.3 Å². The lowest BCUT2D eigenvalue weighted by Gasteiger charge is -2.26. The Morgan fingerprint density at radius 2 is 1.56 bits per heavy atom. The third-order valence-corrected chi connectivity index (χ3v) is 5.78. The molecule has 0 amide bonds. The molecule has 0 aromatic heterocycles. The minimum atomic E-state index is -0.640. The first-order chi connectivity index (χ1) is 16.4. The average molecular weight is 461 g/mol. The number of anilines is 2. The van der Waals surface area contributed by atoms with Gasteiger partial charge in [0.25, 0.3) is 10.9 Å². The molecule has 6 nitrogen and oxygen atoms in total. The molecule has 4 aromatic carbocycles. The number of hydrogen-bond donors (Lipinski definition) is 2. The molecule has 2 atom stereocenters. The molecule has 0 radical (unpaired) electrons. The number of methoxy groups -OCH3 is 2. The van der Waals surface area contributed by atoms with Crippen LogP contribution < -0.4 is 31.0 Å². The molecular weight excluding hydrogens is 435 g/mol. The van der Waals surface area contributed by atoms with Gasteiger partial charge in [-0.3, -0.25) is 14.9 Å². The molecule has 0 saturated carbocycles.